The van der Waals surface area contributed by atoms with Gasteiger partial charge < -0.3 is 10.2 Å². The molecule has 0 atom stereocenters. The van der Waals surface area contributed by atoms with E-state index in [4.69, 9.17) is 0 Å². The van der Waals surface area contributed by atoms with Crippen LogP contribution in [0.2, 0.25) is 0 Å². The number of nitrogens with one attached hydrogen (secondary N) is 1. The van der Waals surface area contributed by atoms with E-state index in [1.807, 2.05) is 4.90 Å². The number of amides is 2. The Morgan fingerprint density at radius 1 is 1.03 bits per heavy atom. The molecule has 1 saturated heterocycles. The van der Waals surface area contributed by atoms with E-state index in [9.17, 15) is 31.2 Å². The lowest BCUT2D eigenvalue weighted by Gasteiger charge is -2.31. The van der Waals surface area contributed by atoms with Crippen LogP contribution in [0.3, 0.4) is 0 Å². The number of carbonyl (C=O) groups is 2. The van der Waals surface area contributed by atoms with Crippen molar-refractivity contribution in [2.45, 2.75) is 30.3 Å². The summed E-state index contributed by atoms with van der Waals surface area (Å²) >= 11 is 0. The van der Waals surface area contributed by atoms with E-state index in [2.05, 4.69) is 5.32 Å². The highest BCUT2D eigenvalue weighted by molar-refractivity contribution is 7.90. The van der Waals surface area contributed by atoms with Gasteiger partial charge in [-0.05, 0) is 49.6 Å². The van der Waals surface area contributed by atoms with Gasteiger partial charge in [-0.25, -0.2) is 12.7 Å². The second kappa shape index (κ2) is 8.12. The van der Waals surface area contributed by atoms with Crippen LogP contribution in [0.5, 0.6) is 0 Å². The minimum absolute atomic E-state index is 0.0478. The molecule has 1 fully saturated rings. The maximum absolute atomic E-state index is 13.3. The van der Waals surface area contributed by atoms with E-state index in [0.717, 1.165) is 31.4 Å². The number of hydrogen-bond acceptors (Lipinski definition) is 5. The van der Waals surface area contributed by atoms with Crippen LogP contribution in [0.4, 0.5) is 24.5 Å². The van der Waals surface area contributed by atoms with Crippen molar-refractivity contribution in [1.82, 2.24) is 4.31 Å². The first-order valence-electron chi connectivity index (χ1n) is 10.0. The van der Waals surface area contributed by atoms with Crippen molar-refractivity contribution in [2.24, 2.45) is 0 Å². The normalized spacial score (nSPS) is 17.9. The zero-order valence-electron chi connectivity index (χ0n) is 16.9. The summed E-state index contributed by atoms with van der Waals surface area (Å²) in [6.07, 6.45) is -1.87. The zero-order chi connectivity index (χ0) is 23.1. The van der Waals surface area contributed by atoms with E-state index < -0.39 is 40.1 Å². The average Bonchev–Trinajstić information content (AvgIpc) is 2.94. The number of benzene rings is 2. The SMILES string of the molecule is O=C(CN1C(=O)c2ccccc2S1(=O)=O)Nc1cc(C(F)(F)F)ccc1N1CCCCC1. The van der Waals surface area contributed by atoms with Gasteiger partial charge in [0.1, 0.15) is 11.4 Å². The third-order valence-electron chi connectivity index (χ3n) is 5.49. The average molecular weight is 467 g/mol. The van der Waals surface area contributed by atoms with Crippen LogP contribution in [0.25, 0.3) is 0 Å². The molecule has 170 valence electrons. The Labute approximate surface area is 182 Å². The number of alkyl halides is 3. The van der Waals surface area contributed by atoms with Gasteiger partial charge >= 0.3 is 6.18 Å². The molecule has 0 saturated carbocycles. The summed E-state index contributed by atoms with van der Waals surface area (Å²) in [7, 11) is -4.21. The van der Waals surface area contributed by atoms with E-state index in [1.54, 1.807) is 0 Å². The van der Waals surface area contributed by atoms with Crippen LogP contribution in [0, 0.1) is 0 Å². The molecular weight excluding hydrogens is 447 g/mol. The van der Waals surface area contributed by atoms with Crippen LogP contribution in [-0.4, -0.2) is 44.2 Å². The fourth-order valence-corrected chi connectivity index (χ4v) is 5.46. The third-order valence-corrected chi connectivity index (χ3v) is 7.28. The molecule has 32 heavy (non-hydrogen) atoms. The third kappa shape index (κ3) is 4.04. The predicted octanol–water partition coefficient (Wildman–Crippen LogP) is 3.48. The molecule has 4 rings (SSSR count). The van der Waals surface area contributed by atoms with Gasteiger partial charge in [-0.1, -0.05) is 12.1 Å². The minimum Gasteiger partial charge on any atom is -0.370 e. The summed E-state index contributed by atoms with van der Waals surface area (Å²) in [5, 5.41) is 2.39. The quantitative estimate of drug-likeness (QED) is 0.744. The number of hydrogen-bond donors (Lipinski definition) is 1. The summed E-state index contributed by atoms with van der Waals surface area (Å²) in [6.45, 7) is 0.413. The molecule has 0 aliphatic carbocycles. The van der Waals surface area contributed by atoms with Crippen LogP contribution in [0.15, 0.2) is 47.4 Å². The number of halogens is 3. The maximum Gasteiger partial charge on any atom is 0.416 e. The number of nitrogens with zero attached hydrogens (tertiary/aromatic N) is 2. The topological polar surface area (TPSA) is 86.8 Å². The summed E-state index contributed by atoms with van der Waals surface area (Å²) in [6, 6.07) is 8.65. The van der Waals surface area contributed by atoms with Gasteiger partial charge in [-0.15, -0.1) is 0 Å². The van der Waals surface area contributed by atoms with E-state index in [-0.39, 0.29) is 16.1 Å². The molecule has 11 heteroatoms. The van der Waals surface area contributed by atoms with E-state index >= 15 is 0 Å². The van der Waals surface area contributed by atoms with Crippen LogP contribution >= 0.6 is 0 Å². The van der Waals surface area contributed by atoms with Gasteiger partial charge in [0.15, 0.2) is 0 Å². The number of carbonyl (C=O) groups excluding carboxylic acids is 2. The van der Waals surface area contributed by atoms with Gasteiger partial charge in [0.05, 0.1) is 22.5 Å². The molecule has 1 N–H and O–H groups in total. The molecule has 2 aliphatic heterocycles. The lowest BCUT2D eigenvalue weighted by molar-refractivity contribution is -0.137. The summed E-state index contributed by atoms with van der Waals surface area (Å²) < 4.78 is 65.5. The molecule has 7 nitrogen and oxygen atoms in total. The Kier molecular flexibility index (Phi) is 5.61. The molecular formula is C21H20F3N3O4S. The standard InChI is InChI=1S/C21H20F3N3O4S/c22-21(23,24)14-8-9-17(26-10-4-1-5-11-26)16(12-14)25-19(28)13-27-20(29)15-6-2-3-7-18(15)32(27,30)31/h2-3,6-9,12H,1,4-5,10-11,13H2,(H,25,28). The Morgan fingerprint density at radius 3 is 2.38 bits per heavy atom. The first-order chi connectivity index (χ1) is 15.1. The lowest BCUT2D eigenvalue weighted by atomic mass is 10.1. The first-order valence-corrected chi connectivity index (χ1v) is 11.5. The zero-order valence-corrected chi connectivity index (χ0v) is 17.7. The summed E-state index contributed by atoms with van der Waals surface area (Å²) in [4.78, 5) is 26.9. The molecule has 0 radical (unpaired) electrons. The number of fused-ring (bicyclic) bond motifs is 1. The summed E-state index contributed by atoms with van der Waals surface area (Å²) in [5.74, 6) is -1.76. The molecule has 2 amide bonds. The molecule has 2 aromatic carbocycles. The van der Waals surface area contributed by atoms with Crippen LogP contribution in [-0.2, 0) is 21.0 Å². The van der Waals surface area contributed by atoms with Gasteiger partial charge in [0, 0.05) is 13.1 Å². The van der Waals surface area contributed by atoms with Gasteiger partial charge in [-0.2, -0.15) is 13.2 Å². The second-order valence-electron chi connectivity index (χ2n) is 7.64. The monoisotopic (exact) mass is 467 g/mol. The molecule has 0 aromatic heterocycles. The largest absolute Gasteiger partial charge is 0.416 e. The van der Waals surface area contributed by atoms with Crippen molar-refractivity contribution < 1.29 is 31.2 Å². The molecule has 2 aliphatic rings. The smallest absolute Gasteiger partial charge is 0.370 e. The molecule has 2 aromatic rings. The number of rotatable bonds is 4. The molecule has 0 spiro atoms. The first kappa shape index (κ1) is 22.1. The van der Waals surface area contributed by atoms with E-state index in [0.29, 0.717) is 23.1 Å². The number of sulfonamides is 1. The lowest BCUT2D eigenvalue weighted by Crippen LogP contribution is -2.38. The number of anilines is 2. The van der Waals surface area contributed by atoms with Gasteiger partial charge in [-0.3, -0.25) is 9.59 Å². The Balaban J connectivity index is 1.61. The van der Waals surface area contributed by atoms with Crippen LogP contribution in [0.1, 0.15) is 35.2 Å². The Morgan fingerprint density at radius 2 is 1.72 bits per heavy atom. The van der Waals surface area contributed by atoms with Crippen LogP contribution < -0.4 is 10.2 Å². The van der Waals surface area contributed by atoms with Crippen molar-refractivity contribution in [3.05, 3.63) is 53.6 Å². The second-order valence-corrected chi connectivity index (χ2v) is 9.47. The molecule has 2 heterocycles. The predicted molar refractivity (Wildman–Crippen MR) is 111 cm³/mol. The molecule has 0 bridgehead atoms. The van der Waals surface area contributed by atoms with E-state index in [1.165, 1.54) is 30.3 Å². The Hall–Kier alpha value is -3.08. The molecule has 0 unspecified atom stereocenters. The van der Waals surface area contributed by atoms with Crippen molar-refractivity contribution in [2.75, 3.05) is 29.9 Å². The van der Waals surface area contributed by atoms with Gasteiger partial charge in [0.2, 0.25) is 5.91 Å². The number of piperidine rings is 1. The van der Waals surface area contributed by atoms with Gasteiger partial charge in [0.25, 0.3) is 15.9 Å². The fraction of sp³-hybridized carbons (Fsp3) is 0.333. The highest BCUT2D eigenvalue weighted by atomic mass is 32.2. The van der Waals surface area contributed by atoms with Crippen molar-refractivity contribution >= 4 is 33.2 Å². The fourth-order valence-electron chi connectivity index (χ4n) is 3.93. The Bertz CT molecular complexity index is 1180. The summed E-state index contributed by atoms with van der Waals surface area (Å²) in [5.41, 5.74) is -0.641. The van der Waals surface area contributed by atoms with Crippen molar-refractivity contribution in [3.8, 4) is 0 Å². The van der Waals surface area contributed by atoms with Crippen molar-refractivity contribution in [3.63, 3.8) is 0 Å². The highest BCUT2D eigenvalue weighted by Gasteiger charge is 2.42. The minimum atomic E-state index is -4.62. The van der Waals surface area contributed by atoms with Crippen molar-refractivity contribution in [1.29, 1.82) is 0 Å². The highest BCUT2D eigenvalue weighted by Crippen LogP contribution is 2.36. The maximum atomic E-state index is 13.3.